The van der Waals surface area contributed by atoms with Crippen LogP contribution >= 0.6 is 0 Å². The van der Waals surface area contributed by atoms with Gasteiger partial charge in [-0.1, -0.05) is 42.5 Å². The van der Waals surface area contributed by atoms with Gasteiger partial charge in [0.15, 0.2) is 0 Å². The minimum atomic E-state index is -0.0786. The molecule has 7 nitrogen and oxygen atoms in total. The Hall–Kier alpha value is -4.78. The lowest BCUT2D eigenvalue weighted by Gasteiger charge is -2.09. The number of nitrogens with one attached hydrogen (secondary N) is 1. The molecule has 5 aromatic heterocycles. The second kappa shape index (κ2) is 8.87. The summed E-state index contributed by atoms with van der Waals surface area (Å²) in [5.41, 5.74) is 4.67. The Morgan fingerprint density at radius 3 is 2.60 bits per heavy atom. The van der Waals surface area contributed by atoms with Gasteiger partial charge in [0, 0.05) is 49.3 Å². The number of aromatic nitrogens is 5. The van der Waals surface area contributed by atoms with E-state index in [0.29, 0.717) is 18.5 Å². The van der Waals surface area contributed by atoms with Gasteiger partial charge >= 0.3 is 0 Å². The maximum Gasteiger partial charge on any atom is 0.260 e. The van der Waals surface area contributed by atoms with Crippen LogP contribution in [-0.2, 0) is 13.1 Å². The zero-order chi connectivity index (χ0) is 23.6. The Balaban J connectivity index is 1.27. The number of rotatable bonds is 6. The molecule has 0 saturated heterocycles. The summed E-state index contributed by atoms with van der Waals surface area (Å²) in [5, 5.41) is 4.81. The Labute approximate surface area is 201 Å². The van der Waals surface area contributed by atoms with Crippen molar-refractivity contribution in [3.8, 4) is 11.1 Å². The predicted octanol–water partition coefficient (Wildman–Crippen LogP) is 4.77. The van der Waals surface area contributed by atoms with Crippen molar-refractivity contribution in [2.75, 3.05) is 5.32 Å². The van der Waals surface area contributed by atoms with Gasteiger partial charge in [-0.05, 0) is 40.8 Å². The van der Waals surface area contributed by atoms with Crippen molar-refractivity contribution in [1.29, 1.82) is 0 Å². The van der Waals surface area contributed by atoms with E-state index in [1.54, 1.807) is 17.0 Å². The highest BCUT2D eigenvalue weighted by molar-refractivity contribution is 5.95. The van der Waals surface area contributed by atoms with Gasteiger partial charge in [-0.2, -0.15) is 0 Å². The van der Waals surface area contributed by atoms with E-state index in [0.717, 1.165) is 39.2 Å². The Morgan fingerprint density at radius 2 is 1.74 bits per heavy atom. The van der Waals surface area contributed by atoms with Crippen LogP contribution in [0, 0.1) is 0 Å². The van der Waals surface area contributed by atoms with Crippen molar-refractivity contribution >= 4 is 22.2 Å². The zero-order valence-electron chi connectivity index (χ0n) is 18.9. The summed E-state index contributed by atoms with van der Waals surface area (Å²) in [6, 6.07) is 21.8. The Bertz CT molecular complexity index is 1690. The van der Waals surface area contributed by atoms with Crippen molar-refractivity contribution < 1.29 is 0 Å². The molecule has 0 atom stereocenters. The average Bonchev–Trinajstić information content (AvgIpc) is 3.31. The molecule has 35 heavy (non-hydrogen) atoms. The maximum absolute atomic E-state index is 13.3. The molecule has 0 fully saturated rings. The monoisotopic (exact) mass is 458 g/mol. The molecular weight excluding hydrogens is 436 g/mol. The first-order chi connectivity index (χ1) is 17.2. The fourth-order valence-corrected chi connectivity index (χ4v) is 4.29. The topological polar surface area (TPSA) is 77.1 Å². The number of nitrogens with zero attached hydrogens (tertiary/aromatic N) is 5. The summed E-state index contributed by atoms with van der Waals surface area (Å²) >= 11 is 0. The predicted molar refractivity (Wildman–Crippen MR) is 137 cm³/mol. The van der Waals surface area contributed by atoms with Crippen molar-refractivity contribution in [3.05, 3.63) is 126 Å². The number of benzene rings is 1. The molecule has 0 saturated carbocycles. The van der Waals surface area contributed by atoms with E-state index in [4.69, 9.17) is 4.98 Å². The molecule has 0 aliphatic rings. The standard InChI is InChI=1S/C28H22N6O/c35-28-25-16-29-15-24(21-6-2-1-3-7-21)23(25)11-13-33(28)18-22-19-34-17-20(9-10-27(34)32-22)14-31-26-8-4-5-12-30-26/h1-13,15-17,19H,14,18H2,(H,30,31). The number of imidazole rings is 1. The minimum Gasteiger partial charge on any atom is -0.366 e. The molecular formula is C28H22N6O. The van der Waals surface area contributed by atoms with E-state index in [2.05, 4.69) is 15.3 Å². The molecule has 7 heteroatoms. The fourth-order valence-electron chi connectivity index (χ4n) is 4.29. The number of hydrogen-bond acceptors (Lipinski definition) is 5. The van der Waals surface area contributed by atoms with Crippen LogP contribution in [0.3, 0.4) is 0 Å². The average molecular weight is 459 g/mol. The van der Waals surface area contributed by atoms with Crippen LogP contribution in [0.2, 0.25) is 0 Å². The van der Waals surface area contributed by atoms with Crippen molar-refractivity contribution in [2.24, 2.45) is 0 Å². The third-order valence-electron chi connectivity index (χ3n) is 6.02. The van der Waals surface area contributed by atoms with Crippen LogP contribution in [0.4, 0.5) is 5.82 Å². The summed E-state index contributed by atoms with van der Waals surface area (Å²) in [4.78, 5) is 26.6. The molecule has 6 rings (SSSR count). The second-order valence-electron chi connectivity index (χ2n) is 8.37. The minimum absolute atomic E-state index is 0.0786. The summed E-state index contributed by atoms with van der Waals surface area (Å²) < 4.78 is 3.68. The van der Waals surface area contributed by atoms with E-state index in [-0.39, 0.29) is 5.56 Å². The van der Waals surface area contributed by atoms with Gasteiger partial charge in [-0.3, -0.25) is 9.78 Å². The van der Waals surface area contributed by atoms with Crippen LogP contribution in [0.1, 0.15) is 11.3 Å². The lowest BCUT2D eigenvalue weighted by atomic mass is 10.0. The molecule has 0 amide bonds. The molecule has 1 aromatic carbocycles. The first-order valence-corrected chi connectivity index (χ1v) is 11.4. The smallest absolute Gasteiger partial charge is 0.260 e. The van der Waals surface area contributed by atoms with Gasteiger partial charge in [-0.15, -0.1) is 0 Å². The molecule has 0 radical (unpaired) electrons. The highest BCUT2D eigenvalue weighted by atomic mass is 16.1. The lowest BCUT2D eigenvalue weighted by molar-refractivity contribution is 0.752. The van der Waals surface area contributed by atoms with Crippen LogP contribution in [0.25, 0.3) is 27.5 Å². The van der Waals surface area contributed by atoms with E-state index in [1.165, 1.54) is 0 Å². The number of hydrogen-bond donors (Lipinski definition) is 1. The summed E-state index contributed by atoms with van der Waals surface area (Å²) in [7, 11) is 0. The quantitative estimate of drug-likeness (QED) is 0.389. The Kier molecular flexibility index (Phi) is 5.27. The zero-order valence-corrected chi connectivity index (χ0v) is 18.9. The highest BCUT2D eigenvalue weighted by Crippen LogP contribution is 2.25. The largest absolute Gasteiger partial charge is 0.366 e. The summed E-state index contributed by atoms with van der Waals surface area (Å²) in [5.74, 6) is 0.833. The van der Waals surface area contributed by atoms with Gasteiger partial charge in [-0.25, -0.2) is 9.97 Å². The first-order valence-electron chi connectivity index (χ1n) is 11.4. The van der Waals surface area contributed by atoms with E-state index in [9.17, 15) is 4.79 Å². The normalized spacial score (nSPS) is 11.2. The van der Waals surface area contributed by atoms with Crippen molar-refractivity contribution in [3.63, 3.8) is 0 Å². The molecule has 0 aliphatic carbocycles. The first kappa shape index (κ1) is 20.8. The van der Waals surface area contributed by atoms with Gasteiger partial charge in [0.05, 0.1) is 17.6 Å². The van der Waals surface area contributed by atoms with E-state index >= 15 is 0 Å². The van der Waals surface area contributed by atoms with Gasteiger partial charge < -0.3 is 14.3 Å². The summed E-state index contributed by atoms with van der Waals surface area (Å²) in [6.45, 7) is 1.04. The Morgan fingerprint density at radius 1 is 0.857 bits per heavy atom. The highest BCUT2D eigenvalue weighted by Gasteiger charge is 2.11. The lowest BCUT2D eigenvalue weighted by Crippen LogP contribution is -2.20. The SMILES string of the molecule is O=c1c2cncc(-c3ccccc3)c2ccn1Cc1cn2cc(CNc3ccccn3)ccc2n1. The maximum atomic E-state index is 13.3. The van der Waals surface area contributed by atoms with E-state index in [1.807, 2.05) is 95.9 Å². The third kappa shape index (κ3) is 4.15. The molecule has 1 N–H and O–H groups in total. The molecule has 170 valence electrons. The number of anilines is 1. The van der Waals surface area contributed by atoms with Crippen LogP contribution < -0.4 is 10.9 Å². The third-order valence-corrected chi connectivity index (χ3v) is 6.02. The van der Waals surface area contributed by atoms with Gasteiger partial charge in [0.1, 0.15) is 11.5 Å². The molecule has 0 bridgehead atoms. The number of fused-ring (bicyclic) bond motifs is 2. The molecule has 0 spiro atoms. The van der Waals surface area contributed by atoms with E-state index < -0.39 is 0 Å². The molecule has 0 unspecified atom stereocenters. The molecule has 5 heterocycles. The van der Waals surface area contributed by atoms with Crippen LogP contribution in [0.15, 0.2) is 109 Å². The fraction of sp³-hybridized carbons (Fsp3) is 0.0714. The number of pyridine rings is 4. The van der Waals surface area contributed by atoms with Crippen molar-refractivity contribution in [1.82, 2.24) is 23.9 Å². The molecule has 0 aliphatic heterocycles. The summed E-state index contributed by atoms with van der Waals surface area (Å²) in [6.07, 6.45) is 11.1. The van der Waals surface area contributed by atoms with Gasteiger partial charge in [0.2, 0.25) is 0 Å². The van der Waals surface area contributed by atoms with Crippen LogP contribution in [0.5, 0.6) is 0 Å². The second-order valence-corrected chi connectivity index (χ2v) is 8.37. The van der Waals surface area contributed by atoms with Gasteiger partial charge in [0.25, 0.3) is 5.56 Å². The van der Waals surface area contributed by atoms with Crippen LogP contribution in [-0.4, -0.2) is 23.9 Å². The van der Waals surface area contributed by atoms with Crippen molar-refractivity contribution in [2.45, 2.75) is 13.1 Å². The molecule has 6 aromatic rings.